The van der Waals surface area contributed by atoms with Gasteiger partial charge in [0, 0.05) is 9.26 Å². The molecule has 0 spiro atoms. The van der Waals surface area contributed by atoms with Crippen molar-refractivity contribution in [3.63, 3.8) is 0 Å². The van der Waals surface area contributed by atoms with E-state index < -0.39 is 15.8 Å². The number of hydrogen-bond donors (Lipinski definition) is 2. The van der Waals surface area contributed by atoms with Crippen LogP contribution in [0.15, 0.2) is 47.4 Å². The molecule has 0 aliphatic heterocycles. The number of nitrogens with two attached hydrogens (primary N) is 1. The third-order valence-corrected chi connectivity index (χ3v) is 4.47. The number of hydrogen-bond acceptors (Lipinski definition) is 3. The zero-order valence-corrected chi connectivity index (χ0v) is 12.6. The van der Waals surface area contributed by atoms with Crippen LogP contribution in [-0.2, 0) is 10.0 Å². The maximum absolute atomic E-state index is 13.0. The molecule has 0 aromatic heterocycles. The number of halogens is 2. The number of anilines is 2. The first-order valence-electron chi connectivity index (χ1n) is 5.22. The Bertz CT molecular complexity index is 702. The normalized spacial score (nSPS) is 11.3. The zero-order chi connectivity index (χ0) is 14.0. The van der Waals surface area contributed by atoms with Crippen LogP contribution in [-0.4, -0.2) is 8.42 Å². The van der Waals surface area contributed by atoms with Gasteiger partial charge in [0.25, 0.3) is 10.0 Å². The minimum Gasteiger partial charge on any atom is -0.396 e. The third-order valence-electron chi connectivity index (χ3n) is 2.37. The molecule has 2 aromatic rings. The smallest absolute Gasteiger partial charge is 0.261 e. The highest BCUT2D eigenvalue weighted by molar-refractivity contribution is 14.1. The summed E-state index contributed by atoms with van der Waals surface area (Å²) in [6, 6.07) is 10.1. The van der Waals surface area contributed by atoms with Gasteiger partial charge in [0.2, 0.25) is 0 Å². The van der Waals surface area contributed by atoms with Gasteiger partial charge in [0.15, 0.2) is 0 Å². The summed E-state index contributed by atoms with van der Waals surface area (Å²) in [5.41, 5.74) is 5.59. The van der Waals surface area contributed by atoms with Crippen molar-refractivity contribution in [2.24, 2.45) is 0 Å². The van der Waals surface area contributed by atoms with Crippen LogP contribution in [0.3, 0.4) is 0 Å². The van der Waals surface area contributed by atoms with Crippen LogP contribution in [0, 0.1) is 9.39 Å². The average Bonchev–Trinajstić information content (AvgIpc) is 2.35. The van der Waals surface area contributed by atoms with Crippen LogP contribution in [0.5, 0.6) is 0 Å². The fourth-order valence-corrected chi connectivity index (χ4v) is 2.87. The molecule has 0 unspecified atom stereocenters. The van der Waals surface area contributed by atoms with Gasteiger partial charge in [0.05, 0.1) is 10.6 Å². The molecule has 0 aliphatic rings. The van der Waals surface area contributed by atoms with E-state index in [4.69, 9.17) is 5.73 Å². The first-order chi connectivity index (χ1) is 8.88. The summed E-state index contributed by atoms with van der Waals surface area (Å²) in [6.45, 7) is 0. The van der Waals surface area contributed by atoms with E-state index >= 15 is 0 Å². The van der Waals surface area contributed by atoms with Crippen molar-refractivity contribution >= 4 is 44.0 Å². The first kappa shape index (κ1) is 14.1. The molecule has 2 aromatic carbocycles. The summed E-state index contributed by atoms with van der Waals surface area (Å²) in [4.78, 5) is -0.0787. The molecule has 0 radical (unpaired) electrons. The number of nitrogen functional groups attached to an aromatic ring is 1. The highest BCUT2D eigenvalue weighted by Gasteiger charge is 2.15. The van der Waals surface area contributed by atoms with Crippen LogP contribution in [0.2, 0.25) is 0 Å². The van der Waals surface area contributed by atoms with Crippen LogP contribution in [0.25, 0.3) is 0 Å². The van der Waals surface area contributed by atoms with Gasteiger partial charge >= 0.3 is 0 Å². The topological polar surface area (TPSA) is 72.2 Å². The molecular weight excluding hydrogens is 382 g/mol. The Morgan fingerprint density at radius 1 is 1.11 bits per heavy atom. The first-order valence-corrected chi connectivity index (χ1v) is 7.78. The van der Waals surface area contributed by atoms with Crippen molar-refractivity contribution in [1.82, 2.24) is 0 Å². The van der Waals surface area contributed by atoms with Crippen molar-refractivity contribution in [1.29, 1.82) is 0 Å². The van der Waals surface area contributed by atoms with E-state index in [0.29, 0.717) is 5.69 Å². The predicted molar refractivity (Wildman–Crippen MR) is 80.8 cm³/mol. The Balaban J connectivity index is 2.32. The summed E-state index contributed by atoms with van der Waals surface area (Å²) in [5.74, 6) is -0.645. The molecule has 0 saturated heterocycles. The highest BCUT2D eigenvalue weighted by atomic mass is 127. The van der Waals surface area contributed by atoms with Crippen LogP contribution < -0.4 is 10.5 Å². The fraction of sp³-hybridized carbons (Fsp3) is 0. The lowest BCUT2D eigenvalue weighted by Crippen LogP contribution is -2.13. The van der Waals surface area contributed by atoms with E-state index in [1.165, 1.54) is 6.07 Å². The molecular formula is C12H10FIN2O2S. The molecule has 0 fully saturated rings. The molecule has 0 amide bonds. The maximum Gasteiger partial charge on any atom is 0.261 e. The number of nitrogens with one attached hydrogen (secondary N) is 1. The van der Waals surface area contributed by atoms with Gasteiger partial charge in [-0.3, -0.25) is 4.72 Å². The Labute approximate surface area is 124 Å². The Hall–Kier alpha value is -1.35. The quantitative estimate of drug-likeness (QED) is 0.624. The molecule has 7 heteroatoms. The standard InChI is InChI=1S/C12H10FIN2O2S/c13-11-6-5-10(7-12(11)15)19(17,18)16-9-3-1-8(14)2-4-9/h1-7,16H,15H2. The third kappa shape index (κ3) is 3.35. The van der Waals surface area contributed by atoms with Gasteiger partial charge in [-0.2, -0.15) is 0 Å². The van der Waals surface area contributed by atoms with E-state index in [2.05, 4.69) is 27.3 Å². The predicted octanol–water partition coefficient (Wildman–Crippen LogP) is 2.81. The van der Waals surface area contributed by atoms with E-state index in [0.717, 1.165) is 15.7 Å². The number of sulfonamides is 1. The van der Waals surface area contributed by atoms with E-state index in [-0.39, 0.29) is 10.6 Å². The van der Waals surface area contributed by atoms with E-state index in [9.17, 15) is 12.8 Å². The largest absolute Gasteiger partial charge is 0.396 e. The average molecular weight is 392 g/mol. The second-order valence-electron chi connectivity index (χ2n) is 3.80. The van der Waals surface area contributed by atoms with Gasteiger partial charge in [-0.1, -0.05) is 0 Å². The molecule has 0 bridgehead atoms. The summed E-state index contributed by atoms with van der Waals surface area (Å²) in [5, 5.41) is 0. The SMILES string of the molecule is Nc1cc(S(=O)(=O)Nc2ccc(I)cc2)ccc1F. The van der Waals surface area contributed by atoms with Crippen molar-refractivity contribution in [3.05, 3.63) is 51.9 Å². The molecule has 2 rings (SSSR count). The lowest BCUT2D eigenvalue weighted by atomic mass is 10.3. The lowest BCUT2D eigenvalue weighted by Gasteiger charge is -2.09. The van der Waals surface area contributed by atoms with Crippen LogP contribution >= 0.6 is 22.6 Å². The Kier molecular flexibility index (Phi) is 3.95. The van der Waals surface area contributed by atoms with Crippen LogP contribution in [0.1, 0.15) is 0 Å². The van der Waals surface area contributed by atoms with Crippen molar-refractivity contribution < 1.29 is 12.8 Å². The number of benzene rings is 2. The second kappa shape index (κ2) is 5.33. The molecule has 19 heavy (non-hydrogen) atoms. The molecule has 0 saturated carbocycles. The van der Waals surface area contributed by atoms with Crippen LogP contribution in [0.4, 0.5) is 15.8 Å². The summed E-state index contributed by atoms with van der Waals surface area (Å²) in [7, 11) is -3.76. The molecule has 0 aliphatic carbocycles. The second-order valence-corrected chi connectivity index (χ2v) is 6.72. The van der Waals surface area contributed by atoms with Gasteiger partial charge in [0.1, 0.15) is 5.82 Å². The zero-order valence-electron chi connectivity index (χ0n) is 9.60. The Morgan fingerprint density at radius 3 is 2.32 bits per heavy atom. The van der Waals surface area contributed by atoms with Crippen molar-refractivity contribution in [3.8, 4) is 0 Å². The molecule has 0 atom stereocenters. The monoisotopic (exact) mass is 392 g/mol. The summed E-state index contributed by atoms with van der Waals surface area (Å²) < 4.78 is 40.5. The maximum atomic E-state index is 13.0. The minimum atomic E-state index is -3.76. The van der Waals surface area contributed by atoms with Gasteiger partial charge < -0.3 is 5.73 Å². The minimum absolute atomic E-state index is 0.0787. The van der Waals surface area contributed by atoms with Crippen molar-refractivity contribution in [2.45, 2.75) is 4.90 Å². The van der Waals surface area contributed by atoms with Gasteiger partial charge in [-0.15, -0.1) is 0 Å². The summed E-state index contributed by atoms with van der Waals surface area (Å²) >= 11 is 2.12. The molecule has 100 valence electrons. The molecule has 3 N–H and O–H groups in total. The molecule has 4 nitrogen and oxygen atoms in total. The van der Waals surface area contributed by atoms with Gasteiger partial charge in [-0.25, -0.2) is 12.8 Å². The fourth-order valence-electron chi connectivity index (χ4n) is 1.42. The van der Waals surface area contributed by atoms with Gasteiger partial charge in [-0.05, 0) is 65.1 Å². The van der Waals surface area contributed by atoms with E-state index in [1.54, 1.807) is 24.3 Å². The lowest BCUT2D eigenvalue weighted by molar-refractivity contribution is 0.600. The Morgan fingerprint density at radius 2 is 1.74 bits per heavy atom. The molecule has 0 heterocycles. The summed E-state index contributed by atoms with van der Waals surface area (Å²) in [6.07, 6.45) is 0. The highest BCUT2D eigenvalue weighted by Crippen LogP contribution is 2.20. The van der Waals surface area contributed by atoms with Crippen molar-refractivity contribution in [2.75, 3.05) is 10.5 Å². The van der Waals surface area contributed by atoms with E-state index in [1.807, 2.05) is 0 Å². The number of rotatable bonds is 3.